The number of unbranched alkanes of at least 4 members (excludes halogenated alkanes) is 2. The fourth-order valence-corrected chi connectivity index (χ4v) is 8.80. The number of Topliss-reactive ketones (excluding diaryl/α,β-unsaturated/α-hetero) is 1. The molecule has 3 nitrogen and oxygen atoms in total. The van der Waals surface area contributed by atoms with Crippen LogP contribution in [0.25, 0.3) is 21.5 Å². The van der Waals surface area contributed by atoms with Gasteiger partial charge in [-0.05, 0) is 109 Å². The normalized spacial score (nSPS) is 19.8. The summed E-state index contributed by atoms with van der Waals surface area (Å²) >= 11 is 0. The molecule has 0 aromatic heterocycles. The number of ketones is 1. The van der Waals surface area contributed by atoms with E-state index >= 15 is 0 Å². The van der Waals surface area contributed by atoms with Crippen molar-refractivity contribution in [1.82, 2.24) is 0 Å². The number of hydrogen-bond acceptors (Lipinski definition) is 2. The lowest BCUT2D eigenvalue weighted by molar-refractivity contribution is -0.401. The molecular formula is C46H51N2O+. The van der Waals surface area contributed by atoms with Crippen LogP contribution >= 0.6 is 0 Å². The van der Waals surface area contributed by atoms with Crippen molar-refractivity contribution < 1.29 is 9.37 Å². The Kier molecular flexibility index (Phi) is 8.82. The van der Waals surface area contributed by atoms with Crippen LogP contribution in [0.5, 0.6) is 0 Å². The van der Waals surface area contributed by atoms with Crippen LogP contribution in [0.15, 0.2) is 120 Å². The summed E-state index contributed by atoms with van der Waals surface area (Å²) < 4.78 is 2.39. The van der Waals surface area contributed by atoms with Gasteiger partial charge in [0, 0.05) is 47.5 Å². The summed E-state index contributed by atoms with van der Waals surface area (Å²) in [4.78, 5) is 14.1. The zero-order chi connectivity index (χ0) is 34.3. The summed E-state index contributed by atoms with van der Waals surface area (Å²) in [7, 11) is 2.22. The third kappa shape index (κ3) is 6.03. The van der Waals surface area contributed by atoms with Gasteiger partial charge in [-0.25, -0.2) is 0 Å². The molecule has 0 atom stereocenters. The van der Waals surface area contributed by atoms with Gasteiger partial charge in [-0.3, -0.25) is 0 Å². The van der Waals surface area contributed by atoms with E-state index in [0.717, 1.165) is 38.6 Å². The summed E-state index contributed by atoms with van der Waals surface area (Å²) in [6, 6.07) is 26.7. The second kappa shape index (κ2) is 13.1. The Hall–Kier alpha value is -4.50. The molecule has 4 aromatic rings. The first-order chi connectivity index (χ1) is 23.6. The second-order valence-corrected chi connectivity index (χ2v) is 15.4. The molecular weight excluding hydrogens is 597 g/mol. The highest BCUT2D eigenvalue weighted by Crippen LogP contribution is 2.51. The van der Waals surface area contributed by atoms with Gasteiger partial charge in [-0.15, -0.1) is 0 Å². The maximum Gasteiger partial charge on any atom is 0.210 e. The Morgan fingerprint density at radius 1 is 0.776 bits per heavy atom. The molecule has 49 heavy (non-hydrogen) atoms. The third-order valence-electron chi connectivity index (χ3n) is 11.3. The number of nitrogens with zero attached hydrogens (tertiary/aromatic N) is 2. The summed E-state index contributed by atoms with van der Waals surface area (Å²) in [5.74, 6) is 0.289. The lowest BCUT2D eigenvalue weighted by atomic mass is 9.79. The maximum absolute atomic E-state index is 11.5. The Morgan fingerprint density at radius 2 is 1.47 bits per heavy atom. The first kappa shape index (κ1) is 33.0. The van der Waals surface area contributed by atoms with Crippen molar-refractivity contribution in [2.75, 3.05) is 18.5 Å². The number of carbonyl (C=O) groups excluding carboxylic acids is 1. The number of anilines is 1. The minimum atomic E-state index is -0.123. The topological polar surface area (TPSA) is 23.3 Å². The van der Waals surface area contributed by atoms with E-state index in [-0.39, 0.29) is 16.6 Å². The number of benzene rings is 4. The van der Waals surface area contributed by atoms with Gasteiger partial charge in [-0.2, -0.15) is 4.58 Å². The first-order valence-corrected chi connectivity index (χ1v) is 18.3. The van der Waals surface area contributed by atoms with Crippen molar-refractivity contribution in [3.05, 3.63) is 131 Å². The van der Waals surface area contributed by atoms with Gasteiger partial charge < -0.3 is 9.69 Å². The number of allylic oxidation sites excluding steroid dienone is 8. The SMILES string of the molecule is CC(=O)CCCCCN1/C(=C/C=C2C=C(/C=C/C3=[N+](C)c4ccc5ccccc5c4C3(C)C)CCC/2)C(C)(C)c2c1ccc1ccccc21. The molecule has 0 spiro atoms. The summed E-state index contributed by atoms with van der Waals surface area (Å²) in [6.45, 7) is 12.2. The van der Waals surface area contributed by atoms with E-state index in [2.05, 4.69) is 147 Å². The molecule has 0 radical (unpaired) electrons. The minimum absolute atomic E-state index is 0.0808. The van der Waals surface area contributed by atoms with Crippen molar-refractivity contribution in [3.8, 4) is 0 Å². The smallest absolute Gasteiger partial charge is 0.210 e. The Bertz CT molecular complexity index is 2120. The highest BCUT2D eigenvalue weighted by Gasteiger charge is 2.44. The summed E-state index contributed by atoms with van der Waals surface area (Å²) in [6.07, 6.45) is 19.1. The molecule has 1 aliphatic carbocycles. The maximum atomic E-state index is 11.5. The molecule has 0 unspecified atom stereocenters. The highest BCUT2D eigenvalue weighted by molar-refractivity contribution is 6.07. The molecule has 0 amide bonds. The van der Waals surface area contributed by atoms with Gasteiger partial charge in [0.15, 0.2) is 5.71 Å². The largest absolute Gasteiger partial charge is 0.344 e. The predicted molar refractivity (Wildman–Crippen MR) is 209 cm³/mol. The zero-order valence-corrected chi connectivity index (χ0v) is 30.3. The van der Waals surface area contributed by atoms with E-state index in [1.807, 2.05) is 0 Å². The highest BCUT2D eigenvalue weighted by atomic mass is 16.1. The summed E-state index contributed by atoms with van der Waals surface area (Å²) in [5.41, 5.74) is 10.8. The van der Waals surface area contributed by atoms with Crippen molar-refractivity contribution in [2.45, 2.75) is 90.4 Å². The van der Waals surface area contributed by atoms with Crippen LogP contribution in [-0.4, -0.2) is 29.7 Å². The number of carbonyl (C=O) groups is 1. The molecule has 0 saturated heterocycles. The van der Waals surface area contributed by atoms with Crippen LogP contribution in [-0.2, 0) is 15.6 Å². The summed E-state index contributed by atoms with van der Waals surface area (Å²) in [5, 5.41) is 5.30. The molecule has 2 aliphatic heterocycles. The van der Waals surface area contributed by atoms with Gasteiger partial charge in [0.2, 0.25) is 5.69 Å². The fourth-order valence-electron chi connectivity index (χ4n) is 8.80. The first-order valence-electron chi connectivity index (χ1n) is 18.3. The third-order valence-corrected chi connectivity index (χ3v) is 11.3. The molecule has 0 saturated carbocycles. The lowest BCUT2D eigenvalue weighted by Crippen LogP contribution is -2.27. The quantitative estimate of drug-likeness (QED) is 0.133. The van der Waals surface area contributed by atoms with Gasteiger partial charge in [0.05, 0.1) is 5.41 Å². The lowest BCUT2D eigenvalue weighted by Gasteiger charge is -2.27. The van der Waals surface area contributed by atoms with Crippen LogP contribution in [0.3, 0.4) is 0 Å². The molecule has 250 valence electrons. The van der Waals surface area contributed by atoms with Crippen molar-refractivity contribution in [3.63, 3.8) is 0 Å². The molecule has 7 rings (SSSR count). The van der Waals surface area contributed by atoms with E-state index in [9.17, 15) is 4.79 Å². The van der Waals surface area contributed by atoms with Crippen LogP contribution < -0.4 is 4.90 Å². The fraction of sp³-hybridized carbons (Fsp3) is 0.348. The van der Waals surface area contributed by atoms with Crippen molar-refractivity contribution in [1.29, 1.82) is 0 Å². The number of rotatable bonds is 9. The molecule has 0 fully saturated rings. The molecule has 4 aromatic carbocycles. The van der Waals surface area contributed by atoms with E-state index in [4.69, 9.17) is 0 Å². The van der Waals surface area contributed by atoms with Crippen molar-refractivity contribution in [2.24, 2.45) is 0 Å². The van der Waals surface area contributed by atoms with Gasteiger partial charge in [-0.1, -0.05) is 93.1 Å². The molecule has 0 N–H and O–H groups in total. The van der Waals surface area contributed by atoms with E-state index in [0.29, 0.717) is 6.42 Å². The van der Waals surface area contributed by atoms with Crippen LogP contribution in [0.2, 0.25) is 0 Å². The van der Waals surface area contributed by atoms with Gasteiger partial charge in [0.25, 0.3) is 0 Å². The molecule has 3 heteroatoms. The number of hydrogen-bond donors (Lipinski definition) is 0. The Labute approximate surface area is 293 Å². The molecule has 2 heterocycles. The molecule has 0 bridgehead atoms. The minimum Gasteiger partial charge on any atom is -0.344 e. The number of fused-ring (bicyclic) bond motifs is 6. The Morgan fingerprint density at radius 3 is 2.20 bits per heavy atom. The van der Waals surface area contributed by atoms with E-state index < -0.39 is 0 Å². The van der Waals surface area contributed by atoms with Crippen LogP contribution in [0.1, 0.15) is 90.7 Å². The van der Waals surface area contributed by atoms with Crippen molar-refractivity contribution >= 4 is 44.4 Å². The molecule has 3 aliphatic rings. The standard InChI is InChI=1S/C46H51N2O/c1-32(49)15-8-7-13-30-48-40-27-25-36-19-10-12-21-38(36)44(40)46(4,5)42(48)29-23-34-17-14-16-33(31-34)22-28-41-45(2,3)43-37-20-11-9-18-35(37)24-26-39(43)47(41)6/h9-12,18-29,31H,7-8,13-17,30H2,1-6H3/q+1. The van der Waals surface area contributed by atoms with Crippen LogP contribution in [0.4, 0.5) is 11.4 Å². The van der Waals surface area contributed by atoms with E-state index in [1.54, 1.807) is 6.92 Å². The van der Waals surface area contributed by atoms with E-state index in [1.165, 1.54) is 73.0 Å². The second-order valence-electron chi connectivity index (χ2n) is 15.4. The van der Waals surface area contributed by atoms with Gasteiger partial charge >= 0.3 is 0 Å². The predicted octanol–water partition coefficient (Wildman–Crippen LogP) is 11.4. The average molecular weight is 648 g/mol. The zero-order valence-electron chi connectivity index (χ0n) is 30.3. The monoisotopic (exact) mass is 647 g/mol. The van der Waals surface area contributed by atoms with Crippen LogP contribution in [0, 0.1) is 0 Å². The Balaban J connectivity index is 1.18. The average Bonchev–Trinajstić information content (AvgIpc) is 3.43. The van der Waals surface area contributed by atoms with Gasteiger partial charge in [0.1, 0.15) is 12.8 Å².